The van der Waals surface area contributed by atoms with E-state index in [9.17, 15) is 0 Å². The number of nitrogens with zero attached hydrogens (tertiary/aromatic N) is 4. The van der Waals surface area contributed by atoms with Crippen LogP contribution in [-0.4, -0.2) is 49.0 Å². The summed E-state index contributed by atoms with van der Waals surface area (Å²) in [4.78, 5) is 7.52. The van der Waals surface area contributed by atoms with E-state index in [1.54, 1.807) is 12.5 Å². The molecule has 0 spiro atoms. The molecule has 0 aromatic rings. The Morgan fingerprint density at radius 1 is 1.67 bits per heavy atom. The molecular weight excluding hydrogens is 154 g/mol. The van der Waals surface area contributed by atoms with Crippen LogP contribution in [0, 0.1) is 11.5 Å². The summed E-state index contributed by atoms with van der Waals surface area (Å²) in [6, 6.07) is 0. The van der Waals surface area contributed by atoms with Crippen LogP contribution in [0.4, 0.5) is 0 Å². The second kappa shape index (κ2) is 4.04. The molecule has 1 saturated heterocycles. The minimum absolute atomic E-state index is 0.0453. The Morgan fingerprint density at radius 3 is 3.00 bits per heavy atom. The highest BCUT2D eigenvalue weighted by Gasteiger charge is 2.18. The minimum atomic E-state index is 0.0453. The van der Waals surface area contributed by atoms with Crippen molar-refractivity contribution in [3.63, 3.8) is 0 Å². The van der Waals surface area contributed by atoms with Crippen molar-refractivity contribution in [2.24, 2.45) is 10.7 Å². The molecule has 12 heavy (non-hydrogen) atoms. The van der Waals surface area contributed by atoms with Gasteiger partial charge in [0.2, 0.25) is 6.19 Å². The predicted molar refractivity (Wildman–Crippen MR) is 46.3 cm³/mol. The third-order valence-corrected chi connectivity index (χ3v) is 2.01. The summed E-state index contributed by atoms with van der Waals surface area (Å²) in [5, 5.41) is 8.20. The number of nitriles is 1. The first-order valence-electron chi connectivity index (χ1n) is 3.86. The molecule has 1 atom stereocenters. The molecule has 0 saturated carbocycles. The normalized spacial score (nSPS) is 26.1. The van der Waals surface area contributed by atoms with Gasteiger partial charge in [-0.3, -0.25) is 4.90 Å². The average Bonchev–Trinajstić information content (AvgIpc) is 2.07. The van der Waals surface area contributed by atoms with Crippen LogP contribution < -0.4 is 5.73 Å². The lowest BCUT2D eigenvalue weighted by Gasteiger charge is -2.35. The van der Waals surface area contributed by atoms with E-state index in [2.05, 4.69) is 9.89 Å². The fourth-order valence-electron chi connectivity index (χ4n) is 1.14. The fourth-order valence-corrected chi connectivity index (χ4v) is 1.14. The van der Waals surface area contributed by atoms with Crippen molar-refractivity contribution >= 4 is 6.34 Å². The Hall–Kier alpha value is -1.12. The highest BCUT2D eigenvalue weighted by molar-refractivity contribution is 5.56. The molecule has 0 bridgehead atoms. The van der Waals surface area contributed by atoms with E-state index in [1.807, 2.05) is 11.9 Å². The zero-order valence-electron chi connectivity index (χ0n) is 7.14. The number of nitrogens with two attached hydrogens (primary N) is 1. The highest BCUT2D eigenvalue weighted by Crippen LogP contribution is 2.00. The molecule has 0 amide bonds. The summed E-state index contributed by atoms with van der Waals surface area (Å²) in [5.41, 5.74) is 5.78. The Balaban J connectivity index is 2.41. The van der Waals surface area contributed by atoms with E-state index in [0.29, 0.717) is 0 Å². The predicted octanol–water partition coefficient (Wildman–Crippen LogP) is -0.972. The zero-order valence-corrected chi connectivity index (χ0v) is 7.14. The van der Waals surface area contributed by atoms with Gasteiger partial charge in [0.15, 0.2) is 0 Å². The Morgan fingerprint density at radius 2 is 2.42 bits per heavy atom. The molecule has 5 nitrogen and oxygen atoms in total. The molecule has 1 aliphatic heterocycles. The Kier molecular flexibility index (Phi) is 3.02. The largest absolute Gasteiger partial charge is 0.358 e. The molecule has 1 aliphatic rings. The number of aliphatic imine (C=N–C) groups is 1. The summed E-state index contributed by atoms with van der Waals surface area (Å²) < 4.78 is 0. The van der Waals surface area contributed by atoms with Gasteiger partial charge in [0.1, 0.15) is 6.34 Å². The quantitative estimate of drug-likeness (QED) is 0.310. The van der Waals surface area contributed by atoms with Crippen molar-refractivity contribution in [2.45, 2.75) is 6.17 Å². The van der Waals surface area contributed by atoms with Crippen LogP contribution in [0.5, 0.6) is 0 Å². The van der Waals surface area contributed by atoms with Gasteiger partial charge in [0.25, 0.3) is 0 Å². The summed E-state index contributed by atoms with van der Waals surface area (Å²) in [5.74, 6) is 0. The lowest BCUT2D eigenvalue weighted by atomic mass is 10.3. The first-order valence-corrected chi connectivity index (χ1v) is 3.86. The van der Waals surface area contributed by atoms with Crippen molar-refractivity contribution in [2.75, 3.05) is 26.7 Å². The number of likely N-dealkylation sites (N-methyl/N-ethyl adjacent to an activating group) is 1. The number of piperazine rings is 1. The van der Waals surface area contributed by atoms with Crippen molar-refractivity contribution < 1.29 is 0 Å². The third-order valence-electron chi connectivity index (χ3n) is 2.01. The number of hydrogen-bond donors (Lipinski definition) is 1. The van der Waals surface area contributed by atoms with Gasteiger partial charge >= 0.3 is 0 Å². The summed E-state index contributed by atoms with van der Waals surface area (Å²) in [6.07, 6.45) is 3.31. The highest BCUT2D eigenvalue weighted by atomic mass is 15.3. The number of hydrogen-bond acceptors (Lipinski definition) is 4. The van der Waals surface area contributed by atoms with Gasteiger partial charge in [-0.2, -0.15) is 10.3 Å². The molecular formula is C7H13N5. The average molecular weight is 167 g/mol. The van der Waals surface area contributed by atoms with Gasteiger partial charge in [-0.25, -0.2) is 0 Å². The third kappa shape index (κ3) is 2.19. The van der Waals surface area contributed by atoms with Gasteiger partial charge in [0, 0.05) is 19.6 Å². The smallest absolute Gasteiger partial charge is 0.207 e. The number of rotatable bonds is 1. The Bertz CT molecular complexity index is 206. The minimum Gasteiger partial charge on any atom is -0.358 e. The van der Waals surface area contributed by atoms with Crippen LogP contribution in [-0.2, 0) is 0 Å². The summed E-state index contributed by atoms with van der Waals surface area (Å²) in [6.45, 7) is 2.54. The van der Waals surface area contributed by atoms with Crippen molar-refractivity contribution in [3.05, 3.63) is 0 Å². The molecule has 0 radical (unpaired) electrons. The topological polar surface area (TPSA) is 68.6 Å². The molecule has 5 heteroatoms. The van der Waals surface area contributed by atoms with Crippen LogP contribution >= 0.6 is 0 Å². The molecule has 1 fully saturated rings. The first kappa shape index (κ1) is 8.97. The van der Waals surface area contributed by atoms with E-state index in [1.165, 1.54) is 0 Å². The van der Waals surface area contributed by atoms with Crippen molar-refractivity contribution in [1.29, 1.82) is 5.26 Å². The van der Waals surface area contributed by atoms with E-state index < -0.39 is 0 Å². The molecule has 0 aromatic carbocycles. The maximum Gasteiger partial charge on any atom is 0.207 e. The second-order valence-corrected chi connectivity index (χ2v) is 2.89. The standard InChI is InChI=1S/C7H13N5/c1-11-2-3-12(4-7(11)9)6-10-5-8/h6-7H,2-4,9H2,1H3. The molecule has 1 rings (SSSR count). The lowest BCUT2D eigenvalue weighted by molar-refractivity contribution is 0.148. The summed E-state index contributed by atoms with van der Waals surface area (Å²) in [7, 11) is 1.99. The van der Waals surface area contributed by atoms with Crippen LogP contribution in [0.2, 0.25) is 0 Å². The van der Waals surface area contributed by atoms with Crippen LogP contribution in [0.3, 0.4) is 0 Å². The van der Waals surface area contributed by atoms with Gasteiger partial charge in [-0.15, -0.1) is 0 Å². The van der Waals surface area contributed by atoms with Crippen LogP contribution in [0.1, 0.15) is 0 Å². The second-order valence-electron chi connectivity index (χ2n) is 2.89. The molecule has 0 aromatic heterocycles. The molecule has 2 N–H and O–H groups in total. The maximum atomic E-state index is 8.20. The van der Waals surface area contributed by atoms with E-state index in [4.69, 9.17) is 11.0 Å². The van der Waals surface area contributed by atoms with Gasteiger partial charge in [-0.05, 0) is 7.05 Å². The van der Waals surface area contributed by atoms with Crippen LogP contribution in [0.15, 0.2) is 4.99 Å². The molecule has 66 valence electrons. The van der Waals surface area contributed by atoms with E-state index >= 15 is 0 Å². The SMILES string of the molecule is CN1CCN(C=NC#N)CC1N. The Labute approximate surface area is 72.1 Å². The molecule has 1 heterocycles. The van der Waals surface area contributed by atoms with Crippen molar-refractivity contribution in [3.8, 4) is 6.19 Å². The van der Waals surface area contributed by atoms with Crippen LogP contribution in [0.25, 0.3) is 0 Å². The van der Waals surface area contributed by atoms with Gasteiger partial charge in [0.05, 0.1) is 6.17 Å². The van der Waals surface area contributed by atoms with Crippen molar-refractivity contribution in [1.82, 2.24) is 9.80 Å². The first-order chi connectivity index (χ1) is 5.74. The van der Waals surface area contributed by atoms with E-state index in [-0.39, 0.29) is 6.17 Å². The maximum absolute atomic E-state index is 8.20. The van der Waals surface area contributed by atoms with Gasteiger partial charge in [-0.1, -0.05) is 0 Å². The lowest BCUT2D eigenvalue weighted by Crippen LogP contribution is -2.55. The zero-order chi connectivity index (χ0) is 8.97. The molecule has 1 unspecified atom stereocenters. The summed E-state index contributed by atoms with van der Waals surface area (Å²) >= 11 is 0. The molecule has 0 aliphatic carbocycles. The van der Waals surface area contributed by atoms with Gasteiger partial charge < -0.3 is 10.6 Å². The monoisotopic (exact) mass is 167 g/mol. The van der Waals surface area contributed by atoms with E-state index in [0.717, 1.165) is 19.6 Å². The fraction of sp³-hybridized carbons (Fsp3) is 0.714.